The first-order chi connectivity index (χ1) is 14.5. The molecule has 30 heavy (non-hydrogen) atoms. The molecule has 0 atom stereocenters. The molecule has 2 aromatic carbocycles. The second-order valence-corrected chi connectivity index (χ2v) is 10.4. The van der Waals surface area contributed by atoms with Gasteiger partial charge in [0.05, 0.1) is 4.90 Å². The fraction of sp³-hybridized carbons (Fsp3) is 0.480. The minimum Gasteiger partial charge on any atom is -0.294 e. The summed E-state index contributed by atoms with van der Waals surface area (Å²) in [6.07, 6.45) is 12.9. The molecular weight excluding hydrogens is 416 g/mol. The van der Waals surface area contributed by atoms with Gasteiger partial charge in [-0.15, -0.1) is 0 Å². The molecular formula is C25H33ClO3S. The standard InChI is InChI=1S/C25H33ClO3S/c26-30(28,29)25-21-15-14-19-23(25)18-10-7-5-3-1-2-4-6-8-13-20-24(27)22-16-11-9-12-17-22/h9,11-12,14-17,19,21H,1-8,10,13,18,20H2. The maximum atomic E-state index is 12.0. The Morgan fingerprint density at radius 3 is 1.77 bits per heavy atom. The Hall–Kier alpha value is -1.65. The Bertz CT molecular complexity index is 863. The number of carbonyl (C=O) groups excluding carboxylic acids is 1. The summed E-state index contributed by atoms with van der Waals surface area (Å²) in [7, 11) is 1.84. The van der Waals surface area contributed by atoms with Gasteiger partial charge in [-0.3, -0.25) is 4.79 Å². The minimum absolute atomic E-state index is 0.247. The van der Waals surface area contributed by atoms with Crippen molar-refractivity contribution < 1.29 is 13.2 Å². The van der Waals surface area contributed by atoms with Crippen LogP contribution < -0.4 is 0 Å². The fourth-order valence-electron chi connectivity index (χ4n) is 3.73. The Balaban J connectivity index is 1.44. The van der Waals surface area contributed by atoms with Crippen molar-refractivity contribution in [2.45, 2.75) is 81.9 Å². The molecule has 0 aliphatic carbocycles. The lowest BCUT2D eigenvalue weighted by atomic mass is 10.0. The summed E-state index contributed by atoms with van der Waals surface area (Å²) in [5, 5.41) is 0. The van der Waals surface area contributed by atoms with Crippen LogP contribution in [0.25, 0.3) is 0 Å². The lowest BCUT2D eigenvalue weighted by Crippen LogP contribution is -1.98. The Morgan fingerprint density at radius 2 is 1.17 bits per heavy atom. The van der Waals surface area contributed by atoms with E-state index in [1.165, 1.54) is 38.5 Å². The van der Waals surface area contributed by atoms with E-state index in [0.717, 1.165) is 43.2 Å². The molecule has 3 nitrogen and oxygen atoms in total. The number of hydrogen-bond donors (Lipinski definition) is 0. The average molecular weight is 449 g/mol. The third kappa shape index (κ3) is 9.44. The second-order valence-electron chi connectivity index (χ2n) is 7.87. The minimum atomic E-state index is -3.66. The molecule has 5 heteroatoms. The highest BCUT2D eigenvalue weighted by Crippen LogP contribution is 2.22. The number of aryl methyl sites for hydroxylation is 1. The molecule has 0 radical (unpaired) electrons. The molecule has 0 spiro atoms. The number of halogens is 1. The van der Waals surface area contributed by atoms with Crippen LogP contribution >= 0.6 is 10.7 Å². The van der Waals surface area contributed by atoms with E-state index >= 15 is 0 Å². The molecule has 0 saturated heterocycles. The molecule has 0 aromatic heterocycles. The van der Waals surface area contributed by atoms with Gasteiger partial charge in [-0.2, -0.15) is 0 Å². The predicted molar refractivity (Wildman–Crippen MR) is 125 cm³/mol. The summed E-state index contributed by atoms with van der Waals surface area (Å²) >= 11 is 0. The van der Waals surface area contributed by atoms with Crippen molar-refractivity contribution in [3.63, 3.8) is 0 Å². The van der Waals surface area contributed by atoms with Crippen molar-refractivity contribution in [1.82, 2.24) is 0 Å². The van der Waals surface area contributed by atoms with E-state index in [4.69, 9.17) is 10.7 Å². The second kappa shape index (κ2) is 13.6. The molecule has 0 fully saturated rings. The van der Waals surface area contributed by atoms with Gasteiger partial charge in [-0.1, -0.05) is 99.9 Å². The maximum absolute atomic E-state index is 12.0. The van der Waals surface area contributed by atoms with Gasteiger partial charge in [0.25, 0.3) is 9.05 Å². The lowest BCUT2D eigenvalue weighted by molar-refractivity contribution is 0.0979. The van der Waals surface area contributed by atoms with Crippen molar-refractivity contribution in [1.29, 1.82) is 0 Å². The Kier molecular flexibility index (Phi) is 11.2. The van der Waals surface area contributed by atoms with Gasteiger partial charge in [0.2, 0.25) is 0 Å². The van der Waals surface area contributed by atoms with Crippen LogP contribution in [-0.4, -0.2) is 14.2 Å². The van der Waals surface area contributed by atoms with E-state index in [1.807, 2.05) is 42.5 Å². The van der Waals surface area contributed by atoms with Crippen molar-refractivity contribution in [3.05, 3.63) is 65.7 Å². The molecule has 0 saturated carbocycles. The molecule has 0 heterocycles. The van der Waals surface area contributed by atoms with Crippen LogP contribution in [-0.2, 0) is 15.5 Å². The van der Waals surface area contributed by atoms with E-state index in [1.54, 1.807) is 12.1 Å². The third-order valence-electron chi connectivity index (χ3n) is 5.43. The molecule has 0 aliphatic heterocycles. The van der Waals surface area contributed by atoms with Crippen molar-refractivity contribution in [3.8, 4) is 0 Å². The number of hydrogen-bond acceptors (Lipinski definition) is 3. The van der Waals surface area contributed by atoms with Gasteiger partial charge in [0.15, 0.2) is 5.78 Å². The average Bonchev–Trinajstić information content (AvgIpc) is 2.74. The maximum Gasteiger partial charge on any atom is 0.261 e. The van der Waals surface area contributed by atoms with Crippen LogP contribution in [0.3, 0.4) is 0 Å². The quantitative estimate of drug-likeness (QED) is 0.163. The highest BCUT2D eigenvalue weighted by molar-refractivity contribution is 8.13. The molecule has 2 rings (SSSR count). The Morgan fingerprint density at radius 1 is 0.667 bits per heavy atom. The highest BCUT2D eigenvalue weighted by atomic mass is 35.7. The monoisotopic (exact) mass is 448 g/mol. The first-order valence-electron chi connectivity index (χ1n) is 11.1. The molecule has 0 N–H and O–H groups in total. The first-order valence-corrected chi connectivity index (χ1v) is 13.4. The van der Waals surface area contributed by atoms with Gasteiger partial charge >= 0.3 is 0 Å². The van der Waals surface area contributed by atoms with Crippen molar-refractivity contribution in [2.24, 2.45) is 0 Å². The summed E-state index contributed by atoms with van der Waals surface area (Å²) in [4.78, 5) is 12.3. The fourth-order valence-corrected chi connectivity index (χ4v) is 4.91. The summed E-state index contributed by atoms with van der Waals surface area (Å²) in [6, 6.07) is 16.5. The lowest BCUT2D eigenvalue weighted by Gasteiger charge is -2.07. The van der Waals surface area contributed by atoms with Gasteiger partial charge in [0.1, 0.15) is 0 Å². The molecule has 0 amide bonds. The third-order valence-corrected chi connectivity index (χ3v) is 6.85. The normalized spacial score (nSPS) is 11.5. The van der Waals surface area contributed by atoms with Gasteiger partial charge in [-0.05, 0) is 30.9 Å². The zero-order valence-corrected chi connectivity index (χ0v) is 19.3. The zero-order chi connectivity index (χ0) is 21.7. The predicted octanol–water partition coefficient (Wildman–Crippen LogP) is 7.33. The van der Waals surface area contributed by atoms with Crippen molar-refractivity contribution >= 4 is 25.5 Å². The zero-order valence-electron chi connectivity index (χ0n) is 17.7. The van der Waals surface area contributed by atoms with E-state index in [-0.39, 0.29) is 10.7 Å². The molecule has 0 aliphatic rings. The van der Waals surface area contributed by atoms with Crippen LogP contribution in [0, 0.1) is 0 Å². The van der Waals surface area contributed by atoms with Gasteiger partial charge < -0.3 is 0 Å². The number of Topliss-reactive ketones (excluding diaryl/α,β-unsaturated/α-hetero) is 1. The van der Waals surface area contributed by atoms with Crippen molar-refractivity contribution in [2.75, 3.05) is 0 Å². The number of benzene rings is 2. The number of unbranched alkanes of at least 4 members (excludes halogenated alkanes) is 9. The highest BCUT2D eigenvalue weighted by Gasteiger charge is 2.14. The smallest absolute Gasteiger partial charge is 0.261 e. The van der Waals surface area contributed by atoms with E-state index < -0.39 is 9.05 Å². The van der Waals surface area contributed by atoms with E-state index in [0.29, 0.717) is 6.42 Å². The van der Waals surface area contributed by atoms with Crippen LogP contribution in [0.5, 0.6) is 0 Å². The van der Waals surface area contributed by atoms with E-state index in [2.05, 4.69) is 0 Å². The van der Waals surface area contributed by atoms with Crippen LogP contribution in [0.15, 0.2) is 59.5 Å². The van der Waals surface area contributed by atoms with E-state index in [9.17, 15) is 13.2 Å². The SMILES string of the molecule is O=C(CCCCCCCCCCCCc1ccccc1S(=O)(=O)Cl)c1ccccc1. The largest absolute Gasteiger partial charge is 0.294 e. The summed E-state index contributed by atoms with van der Waals surface area (Å²) in [5.74, 6) is 0.252. The molecule has 164 valence electrons. The number of ketones is 1. The van der Waals surface area contributed by atoms with Crippen LogP contribution in [0.2, 0.25) is 0 Å². The number of carbonyl (C=O) groups is 1. The van der Waals surface area contributed by atoms with Crippen LogP contribution in [0.1, 0.15) is 86.6 Å². The summed E-state index contributed by atoms with van der Waals surface area (Å²) < 4.78 is 23.2. The molecule has 2 aromatic rings. The summed E-state index contributed by atoms with van der Waals surface area (Å²) in [6.45, 7) is 0. The molecule has 0 unspecified atom stereocenters. The Labute approximate surface area is 186 Å². The van der Waals surface area contributed by atoms with Gasteiger partial charge in [0, 0.05) is 22.7 Å². The van der Waals surface area contributed by atoms with Gasteiger partial charge in [-0.25, -0.2) is 8.42 Å². The summed E-state index contributed by atoms with van der Waals surface area (Å²) in [5.41, 5.74) is 1.64. The van der Waals surface area contributed by atoms with Crippen LogP contribution in [0.4, 0.5) is 0 Å². The molecule has 0 bridgehead atoms. The number of rotatable bonds is 15. The topological polar surface area (TPSA) is 51.2 Å². The first kappa shape index (κ1) is 24.6.